The van der Waals surface area contributed by atoms with E-state index in [1.165, 1.54) is 0 Å². The summed E-state index contributed by atoms with van der Waals surface area (Å²) in [4.78, 5) is 12.1. The summed E-state index contributed by atoms with van der Waals surface area (Å²) in [7, 11) is 0. The molecule has 0 aromatic heterocycles. The normalized spacial score (nSPS) is 11.8. The van der Waals surface area contributed by atoms with Crippen LogP contribution < -0.4 is 15.4 Å². The van der Waals surface area contributed by atoms with E-state index < -0.39 is 0 Å². The van der Waals surface area contributed by atoms with Crippen LogP contribution in [0.2, 0.25) is 5.02 Å². The molecule has 0 saturated carbocycles. The van der Waals surface area contributed by atoms with E-state index in [4.69, 9.17) is 16.3 Å². The van der Waals surface area contributed by atoms with Gasteiger partial charge in [0.15, 0.2) is 0 Å². The number of hydrogen-bond acceptors (Lipinski definition) is 3. The molecule has 0 aliphatic carbocycles. The second-order valence-electron chi connectivity index (χ2n) is 5.13. The largest absolute Gasteiger partial charge is 0.492 e. The van der Waals surface area contributed by atoms with Crippen LogP contribution in [-0.2, 0) is 4.79 Å². The van der Waals surface area contributed by atoms with Crippen molar-refractivity contribution < 1.29 is 9.53 Å². The highest BCUT2D eigenvalue weighted by atomic mass is 35.5. The highest BCUT2D eigenvalue weighted by molar-refractivity contribution is 6.30. The van der Waals surface area contributed by atoms with Crippen molar-refractivity contribution in [2.75, 3.05) is 18.5 Å². The van der Waals surface area contributed by atoms with Gasteiger partial charge in [0.25, 0.3) is 0 Å². The third-order valence-corrected chi connectivity index (χ3v) is 3.61. The summed E-state index contributed by atoms with van der Waals surface area (Å²) in [5.41, 5.74) is 1.72. The molecule has 0 radical (unpaired) electrons. The molecule has 0 saturated heterocycles. The molecule has 0 fully saturated rings. The predicted molar refractivity (Wildman–Crippen MR) is 94.1 cm³/mol. The molecule has 4 nitrogen and oxygen atoms in total. The molecule has 0 heterocycles. The number of anilines is 1. The standard InChI is InChI=1S/C18H21ClN2O2/c1-3-23-17-10-5-4-9-16(17)21-18(22)12-20-13(2)14-7-6-8-15(19)11-14/h4-11,13,20H,3,12H2,1-2H3,(H,21,22). The van der Waals surface area contributed by atoms with Crippen LogP contribution in [0.4, 0.5) is 5.69 Å². The number of ether oxygens (including phenoxy) is 1. The van der Waals surface area contributed by atoms with Crippen molar-refractivity contribution >= 4 is 23.2 Å². The Hall–Kier alpha value is -2.04. The van der Waals surface area contributed by atoms with Crippen molar-refractivity contribution in [3.05, 3.63) is 59.1 Å². The zero-order chi connectivity index (χ0) is 16.7. The van der Waals surface area contributed by atoms with Crippen LogP contribution in [0.25, 0.3) is 0 Å². The molecule has 2 rings (SSSR count). The fourth-order valence-corrected chi connectivity index (χ4v) is 2.38. The van der Waals surface area contributed by atoms with E-state index in [-0.39, 0.29) is 18.5 Å². The summed E-state index contributed by atoms with van der Waals surface area (Å²) < 4.78 is 5.50. The van der Waals surface area contributed by atoms with Crippen molar-refractivity contribution in [1.29, 1.82) is 0 Å². The molecule has 1 amide bonds. The van der Waals surface area contributed by atoms with Crippen LogP contribution in [0.15, 0.2) is 48.5 Å². The van der Waals surface area contributed by atoms with Crippen molar-refractivity contribution in [1.82, 2.24) is 5.32 Å². The summed E-state index contributed by atoms with van der Waals surface area (Å²) >= 11 is 5.99. The Kier molecular flexibility index (Phi) is 6.44. The van der Waals surface area contributed by atoms with Crippen molar-refractivity contribution in [2.24, 2.45) is 0 Å². The molecule has 1 atom stereocenters. The molecule has 2 aromatic carbocycles. The first kappa shape index (κ1) is 17.3. The van der Waals surface area contributed by atoms with Crippen LogP contribution in [0, 0.1) is 0 Å². The maximum absolute atomic E-state index is 12.1. The number of hydrogen-bond donors (Lipinski definition) is 2. The van der Waals surface area contributed by atoms with Gasteiger partial charge in [-0.3, -0.25) is 4.79 Å². The molecule has 0 spiro atoms. The maximum atomic E-state index is 12.1. The molecule has 2 N–H and O–H groups in total. The minimum Gasteiger partial charge on any atom is -0.492 e. The fraction of sp³-hybridized carbons (Fsp3) is 0.278. The van der Waals surface area contributed by atoms with Crippen LogP contribution in [-0.4, -0.2) is 19.1 Å². The van der Waals surface area contributed by atoms with Gasteiger partial charge in [0.1, 0.15) is 5.75 Å². The van der Waals surface area contributed by atoms with Crippen LogP contribution in [0.3, 0.4) is 0 Å². The van der Waals surface area contributed by atoms with Gasteiger partial charge in [0.2, 0.25) is 5.91 Å². The number of carbonyl (C=O) groups is 1. The molecule has 2 aromatic rings. The Morgan fingerprint density at radius 2 is 2.00 bits per heavy atom. The number of rotatable bonds is 7. The number of amides is 1. The first-order chi connectivity index (χ1) is 11.1. The first-order valence-electron chi connectivity index (χ1n) is 7.60. The molecule has 0 aliphatic heterocycles. The van der Waals surface area contributed by atoms with E-state index in [2.05, 4.69) is 10.6 Å². The minimum absolute atomic E-state index is 0.0292. The summed E-state index contributed by atoms with van der Waals surface area (Å²) in [6.07, 6.45) is 0. The minimum atomic E-state index is -0.119. The van der Waals surface area contributed by atoms with E-state index in [1.54, 1.807) is 0 Å². The lowest BCUT2D eigenvalue weighted by molar-refractivity contribution is -0.115. The molecule has 0 aliphatic rings. The number of halogens is 1. The second kappa shape index (κ2) is 8.56. The zero-order valence-electron chi connectivity index (χ0n) is 13.3. The molecule has 122 valence electrons. The van der Waals surface area contributed by atoms with Crippen LogP contribution in [0.5, 0.6) is 5.75 Å². The monoisotopic (exact) mass is 332 g/mol. The topological polar surface area (TPSA) is 50.4 Å². The van der Waals surface area contributed by atoms with Gasteiger partial charge in [-0.15, -0.1) is 0 Å². The lowest BCUT2D eigenvalue weighted by Gasteiger charge is -2.15. The maximum Gasteiger partial charge on any atom is 0.238 e. The van der Waals surface area contributed by atoms with Gasteiger partial charge in [-0.1, -0.05) is 35.9 Å². The van der Waals surface area contributed by atoms with Crippen LogP contribution >= 0.6 is 11.6 Å². The number of carbonyl (C=O) groups excluding carboxylic acids is 1. The SMILES string of the molecule is CCOc1ccccc1NC(=O)CNC(C)c1cccc(Cl)c1. The summed E-state index contributed by atoms with van der Waals surface area (Å²) in [6, 6.07) is 15.0. The van der Waals surface area contributed by atoms with Crippen molar-refractivity contribution in [2.45, 2.75) is 19.9 Å². The number of para-hydroxylation sites is 2. The van der Waals surface area contributed by atoms with E-state index in [1.807, 2.05) is 62.4 Å². The van der Waals surface area contributed by atoms with E-state index >= 15 is 0 Å². The Morgan fingerprint density at radius 1 is 1.22 bits per heavy atom. The lowest BCUT2D eigenvalue weighted by Crippen LogP contribution is -2.30. The lowest BCUT2D eigenvalue weighted by atomic mass is 10.1. The van der Waals surface area contributed by atoms with Gasteiger partial charge in [-0.2, -0.15) is 0 Å². The van der Waals surface area contributed by atoms with Gasteiger partial charge in [-0.05, 0) is 43.7 Å². The fourth-order valence-electron chi connectivity index (χ4n) is 2.19. The smallest absolute Gasteiger partial charge is 0.238 e. The highest BCUT2D eigenvalue weighted by Crippen LogP contribution is 2.23. The molecular weight excluding hydrogens is 312 g/mol. The third-order valence-electron chi connectivity index (χ3n) is 3.38. The molecule has 23 heavy (non-hydrogen) atoms. The number of benzene rings is 2. The average Bonchev–Trinajstić information content (AvgIpc) is 2.54. The molecule has 0 bridgehead atoms. The Morgan fingerprint density at radius 3 is 2.74 bits per heavy atom. The number of nitrogens with one attached hydrogen (secondary N) is 2. The quantitative estimate of drug-likeness (QED) is 0.805. The summed E-state index contributed by atoms with van der Waals surface area (Å²) in [5.74, 6) is 0.553. The molecule has 1 unspecified atom stereocenters. The first-order valence-corrected chi connectivity index (χ1v) is 7.98. The summed E-state index contributed by atoms with van der Waals surface area (Å²) in [5, 5.41) is 6.73. The van der Waals surface area contributed by atoms with Gasteiger partial charge < -0.3 is 15.4 Å². The van der Waals surface area contributed by atoms with Gasteiger partial charge in [-0.25, -0.2) is 0 Å². The molecular formula is C18H21ClN2O2. The van der Waals surface area contributed by atoms with Crippen molar-refractivity contribution in [3.8, 4) is 5.75 Å². The average molecular weight is 333 g/mol. The van der Waals surface area contributed by atoms with Crippen molar-refractivity contribution in [3.63, 3.8) is 0 Å². The predicted octanol–water partition coefficient (Wildman–Crippen LogP) is 4.03. The second-order valence-corrected chi connectivity index (χ2v) is 5.57. The van der Waals surface area contributed by atoms with Gasteiger partial charge in [0.05, 0.1) is 18.8 Å². The Labute approximate surface area is 141 Å². The zero-order valence-corrected chi connectivity index (χ0v) is 14.1. The third kappa shape index (κ3) is 5.27. The highest BCUT2D eigenvalue weighted by Gasteiger charge is 2.10. The van der Waals surface area contributed by atoms with Gasteiger partial charge >= 0.3 is 0 Å². The van der Waals surface area contributed by atoms with E-state index in [0.717, 1.165) is 5.56 Å². The Bertz CT molecular complexity index is 661. The van der Waals surface area contributed by atoms with E-state index in [9.17, 15) is 4.79 Å². The van der Waals surface area contributed by atoms with Gasteiger partial charge in [0, 0.05) is 11.1 Å². The van der Waals surface area contributed by atoms with E-state index in [0.29, 0.717) is 23.1 Å². The summed E-state index contributed by atoms with van der Waals surface area (Å²) in [6.45, 7) is 4.66. The molecule has 5 heteroatoms. The van der Waals surface area contributed by atoms with Crippen LogP contribution in [0.1, 0.15) is 25.5 Å². The Balaban J connectivity index is 1.90.